The van der Waals surface area contributed by atoms with Crippen molar-refractivity contribution in [3.63, 3.8) is 0 Å². The van der Waals surface area contributed by atoms with Crippen molar-refractivity contribution in [1.82, 2.24) is 10.1 Å². The van der Waals surface area contributed by atoms with Crippen LogP contribution in [0, 0.1) is 0 Å². The first-order valence-corrected chi connectivity index (χ1v) is 6.28. The van der Waals surface area contributed by atoms with E-state index in [-0.39, 0.29) is 11.4 Å². The van der Waals surface area contributed by atoms with E-state index in [1.54, 1.807) is 19.4 Å². The van der Waals surface area contributed by atoms with Crippen LogP contribution in [-0.4, -0.2) is 17.3 Å². The van der Waals surface area contributed by atoms with Gasteiger partial charge in [-0.1, -0.05) is 23.4 Å². The van der Waals surface area contributed by atoms with Crippen LogP contribution < -0.4 is 16.0 Å². The fourth-order valence-corrected chi connectivity index (χ4v) is 2.20. The number of nitrogens with zero attached hydrogens (tertiary/aromatic N) is 1. The molecule has 0 fully saturated rings. The molecule has 0 bridgehead atoms. The van der Waals surface area contributed by atoms with Gasteiger partial charge in [0.2, 0.25) is 11.4 Å². The topological polar surface area (TPSA) is 94.1 Å². The fourth-order valence-electron chi connectivity index (χ4n) is 2.20. The number of hydrogen-bond acceptors (Lipinski definition) is 5. The molecule has 0 saturated carbocycles. The van der Waals surface area contributed by atoms with E-state index in [0.29, 0.717) is 22.6 Å². The molecule has 0 spiro atoms. The molecule has 106 valence electrons. The number of aromatic amines is 1. The van der Waals surface area contributed by atoms with Crippen molar-refractivity contribution in [1.29, 1.82) is 0 Å². The highest BCUT2D eigenvalue weighted by atomic mass is 16.5. The lowest BCUT2D eigenvalue weighted by Crippen LogP contribution is -2.02. The number of hydrogen-bond donors (Lipinski definition) is 2. The highest BCUT2D eigenvalue weighted by molar-refractivity contribution is 5.89. The Morgan fingerprint density at radius 3 is 2.86 bits per heavy atom. The van der Waals surface area contributed by atoms with E-state index in [0.717, 1.165) is 5.56 Å². The standard InChI is InChI=1S/C15H13N3O3/c1-20-11-5-3-2-4-10(11)13-14(18-21-15(13)16)9-6-7-17-12(19)8-9/h2-8H,16H2,1H3,(H,17,19). The molecule has 3 aromatic rings. The molecule has 6 nitrogen and oxygen atoms in total. The number of ether oxygens (including phenoxy) is 1. The summed E-state index contributed by atoms with van der Waals surface area (Å²) in [6.45, 7) is 0. The molecule has 2 aromatic heterocycles. The predicted octanol–water partition coefficient (Wildman–Crippen LogP) is 2.29. The van der Waals surface area contributed by atoms with E-state index in [9.17, 15) is 4.79 Å². The van der Waals surface area contributed by atoms with Gasteiger partial charge in [0.1, 0.15) is 11.4 Å². The number of aromatic nitrogens is 2. The maximum atomic E-state index is 11.5. The van der Waals surface area contributed by atoms with Crippen molar-refractivity contribution in [3.8, 4) is 28.1 Å². The molecule has 0 aliphatic rings. The summed E-state index contributed by atoms with van der Waals surface area (Å²) in [6.07, 6.45) is 1.55. The lowest BCUT2D eigenvalue weighted by Gasteiger charge is -2.08. The number of rotatable bonds is 3. The van der Waals surface area contributed by atoms with Gasteiger partial charge in [0.15, 0.2) is 0 Å². The van der Waals surface area contributed by atoms with Crippen LogP contribution in [0.2, 0.25) is 0 Å². The number of anilines is 1. The van der Waals surface area contributed by atoms with Crippen LogP contribution in [0.3, 0.4) is 0 Å². The second-order valence-electron chi connectivity index (χ2n) is 4.41. The van der Waals surface area contributed by atoms with Crippen LogP contribution in [0.25, 0.3) is 22.4 Å². The molecule has 0 aliphatic carbocycles. The van der Waals surface area contributed by atoms with Crippen molar-refractivity contribution >= 4 is 5.88 Å². The SMILES string of the molecule is COc1ccccc1-c1c(-c2cc[nH]c(=O)c2)noc1N. The Balaban J connectivity index is 2.25. The van der Waals surface area contributed by atoms with E-state index >= 15 is 0 Å². The minimum Gasteiger partial charge on any atom is -0.496 e. The summed E-state index contributed by atoms with van der Waals surface area (Å²) < 4.78 is 10.4. The van der Waals surface area contributed by atoms with Crippen molar-refractivity contribution in [2.75, 3.05) is 12.8 Å². The summed E-state index contributed by atoms with van der Waals surface area (Å²) in [5.74, 6) is 0.827. The molecule has 0 saturated heterocycles. The summed E-state index contributed by atoms with van der Waals surface area (Å²) in [4.78, 5) is 14.0. The van der Waals surface area contributed by atoms with E-state index in [4.69, 9.17) is 15.0 Å². The highest BCUT2D eigenvalue weighted by Crippen LogP contribution is 2.40. The van der Waals surface area contributed by atoms with E-state index in [1.807, 2.05) is 24.3 Å². The lowest BCUT2D eigenvalue weighted by atomic mass is 10.0. The number of nitrogens with two attached hydrogens (primary N) is 1. The summed E-state index contributed by atoms with van der Waals surface area (Å²) in [6, 6.07) is 10.6. The van der Waals surface area contributed by atoms with Gasteiger partial charge in [-0.2, -0.15) is 0 Å². The quantitative estimate of drug-likeness (QED) is 0.769. The first-order valence-electron chi connectivity index (χ1n) is 6.28. The zero-order chi connectivity index (χ0) is 14.8. The number of nitrogens with one attached hydrogen (secondary N) is 1. The van der Waals surface area contributed by atoms with Crippen LogP contribution >= 0.6 is 0 Å². The van der Waals surface area contributed by atoms with Gasteiger partial charge in [-0.15, -0.1) is 0 Å². The molecule has 1 aromatic carbocycles. The second-order valence-corrected chi connectivity index (χ2v) is 4.41. The first-order chi connectivity index (χ1) is 10.2. The largest absolute Gasteiger partial charge is 0.496 e. The minimum atomic E-state index is -0.222. The molecule has 0 aliphatic heterocycles. The third-order valence-corrected chi connectivity index (χ3v) is 3.14. The molecular formula is C15H13N3O3. The molecular weight excluding hydrogens is 270 g/mol. The summed E-state index contributed by atoms with van der Waals surface area (Å²) in [7, 11) is 1.58. The predicted molar refractivity (Wildman–Crippen MR) is 79.0 cm³/mol. The van der Waals surface area contributed by atoms with Gasteiger partial charge in [0, 0.05) is 23.4 Å². The number of nitrogen functional groups attached to an aromatic ring is 1. The lowest BCUT2D eigenvalue weighted by molar-refractivity contribution is 0.416. The van der Waals surface area contributed by atoms with Crippen molar-refractivity contribution in [2.45, 2.75) is 0 Å². The average molecular weight is 283 g/mol. The number of pyridine rings is 1. The summed E-state index contributed by atoms with van der Waals surface area (Å²) in [5.41, 5.74) is 8.18. The van der Waals surface area contributed by atoms with Gasteiger partial charge in [0.25, 0.3) is 0 Å². The molecule has 3 rings (SSSR count). The Morgan fingerprint density at radius 1 is 1.29 bits per heavy atom. The van der Waals surface area contributed by atoms with Crippen LogP contribution in [0.4, 0.5) is 5.88 Å². The van der Waals surface area contributed by atoms with Gasteiger partial charge in [-0.3, -0.25) is 4.79 Å². The average Bonchev–Trinajstić information content (AvgIpc) is 2.89. The van der Waals surface area contributed by atoms with Gasteiger partial charge < -0.3 is 20.0 Å². The van der Waals surface area contributed by atoms with Gasteiger partial charge >= 0.3 is 0 Å². The van der Waals surface area contributed by atoms with Crippen molar-refractivity contribution < 1.29 is 9.26 Å². The van der Waals surface area contributed by atoms with Gasteiger partial charge in [0.05, 0.1) is 12.7 Å². The third kappa shape index (κ3) is 2.27. The Bertz CT molecular complexity index is 836. The zero-order valence-corrected chi connectivity index (χ0v) is 11.3. The number of benzene rings is 1. The Hall–Kier alpha value is -3.02. The first kappa shape index (κ1) is 13.0. The zero-order valence-electron chi connectivity index (χ0n) is 11.3. The smallest absolute Gasteiger partial charge is 0.248 e. The molecule has 21 heavy (non-hydrogen) atoms. The molecule has 0 unspecified atom stereocenters. The van der Waals surface area contributed by atoms with Crippen molar-refractivity contribution in [2.24, 2.45) is 0 Å². The number of H-pyrrole nitrogens is 1. The van der Waals surface area contributed by atoms with Crippen LogP contribution in [0.15, 0.2) is 51.9 Å². The Morgan fingerprint density at radius 2 is 2.10 bits per heavy atom. The molecule has 0 radical (unpaired) electrons. The summed E-state index contributed by atoms with van der Waals surface area (Å²) >= 11 is 0. The molecule has 3 N–H and O–H groups in total. The normalized spacial score (nSPS) is 10.5. The molecule has 0 amide bonds. The van der Waals surface area contributed by atoms with Crippen LogP contribution in [-0.2, 0) is 0 Å². The van der Waals surface area contributed by atoms with Gasteiger partial charge in [-0.25, -0.2) is 0 Å². The Labute approximate surface area is 120 Å². The summed E-state index contributed by atoms with van der Waals surface area (Å²) in [5, 5.41) is 3.97. The maximum Gasteiger partial charge on any atom is 0.248 e. The minimum absolute atomic E-state index is 0.176. The van der Waals surface area contributed by atoms with Crippen LogP contribution in [0.5, 0.6) is 5.75 Å². The van der Waals surface area contributed by atoms with Crippen LogP contribution in [0.1, 0.15) is 0 Å². The number of para-hydroxylation sites is 1. The molecule has 2 heterocycles. The third-order valence-electron chi connectivity index (χ3n) is 3.14. The van der Waals surface area contributed by atoms with Crippen molar-refractivity contribution in [3.05, 3.63) is 52.9 Å². The number of methoxy groups -OCH3 is 1. The van der Waals surface area contributed by atoms with Gasteiger partial charge in [-0.05, 0) is 12.1 Å². The van der Waals surface area contributed by atoms with E-state index in [1.165, 1.54) is 6.07 Å². The highest BCUT2D eigenvalue weighted by Gasteiger charge is 2.20. The molecule has 6 heteroatoms. The molecule has 0 atom stereocenters. The van der Waals surface area contributed by atoms with E-state index in [2.05, 4.69) is 10.1 Å². The maximum absolute atomic E-state index is 11.5. The second kappa shape index (κ2) is 5.16. The fraction of sp³-hybridized carbons (Fsp3) is 0.0667. The van der Waals surface area contributed by atoms with E-state index < -0.39 is 0 Å². The Kier molecular flexibility index (Phi) is 3.19. The monoisotopic (exact) mass is 283 g/mol.